The molecule has 2 aliphatic heterocycles. The van der Waals surface area contributed by atoms with Crippen LogP contribution in [0.5, 0.6) is 11.5 Å². The molecule has 2 N–H and O–H groups in total. The van der Waals surface area contributed by atoms with E-state index in [1.165, 1.54) is 22.3 Å². The maximum Gasteiger partial charge on any atom is 0.342 e. The maximum atomic E-state index is 12.7. The summed E-state index contributed by atoms with van der Waals surface area (Å²) in [6, 6.07) is 0. The minimum Gasteiger partial charge on any atom is -0.507 e. The summed E-state index contributed by atoms with van der Waals surface area (Å²) in [6.07, 6.45) is 17.0. The minimum absolute atomic E-state index is 0.0292. The first-order valence-electron chi connectivity index (χ1n) is 23.5. The third-order valence-corrected chi connectivity index (χ3v) is 17.8. The molecular weight excluding hydrogens is 777 g/mol. The van der Waals surface area contributed by atoms with Crippen LogP contribution in [0.2, 0.25) is 0 Å². The first-order chi connectivity index (χ1) is 28.9. The molecule has 8 rings (SSSR count). The molecule has 4 heterocycles. The highest BCUT2D eigenvalue weighted by Crippen LogP contribution is 2.67. The predicted molar refractivity (Wildman–Crippen MR) is 247 cm³/mol. The van der Waals surface area contributed by atoms with Gasteiger partial charge in [0.15, 0.2) is 0 Å². The molecule has 340 valence electrons. The van der Waals surface area contributed by atoms with Gasteiger partial charge in [0.25, 0.3) is 0 Å². The lowest BCUT2D eigenvalue weighted by Gasteiger charge is -2.59. The van der Waals surface area contributed by atoms with E-state index >= 15 is 0 Å². The number of fused-ring (bicyclic) bond motifs is 6. The molecule has 0 unspecified atom stereocenters. The Morgan fingerprint density at radius 2 is 0.968 bits per heavy atom. The highest BCUT2D eigenvalue weighted by atomic mass is 16.5. The summed E-state index contributed by atoms with van der Waals surface area (Å²) in [6.45, 7) is 34.1. The number of ether oxygens (including phenoxy) is 2. The van der Waals surface area contributed by atoms with E-state index in [4.69, 9.17) is 18.3 Å². The maximum absolute atomic E-state index is 12.7. The van der Waals surface area contributed by atoms with Crippen molar-refractivity contribution >= 4 is 0 Å². The smallest absolute Gasteiger partial charge is 0.342 e. The van der Waals surface area contributed by atoms with Crippen LogP contribution in [0.3, 0.4) is 0 Å². The summed E-state index contributed by atoms with van der Waals surface area (Å²) in [7, 11) is 0. The van der Waals surface area contributed by atoms with Gasteiger partial charge in [-0.25, -0.2) is 9.59 Å². The zero-order valence-electron chi connectivity index (χ0n) is 40.0. The number of aromatic hydroxyl groups is 2. The van der Waals surface area contributed by atoms with Crippen LogP contribution in [0.4, 0.5) is 0 Å². The highest BCUT2D eigenvalue weighted by molar-refractivity contribution is 5.41. The van der Waals surface area contributed by atoms with Crippen LogP contribution in [-0.4, -0.2) is 34.6 Å². The van der Waals surface area contributed by atoms with Gasteiger partial charge in [-0.05, 0) is 178 Å². The molecule has 2 saturated heterocycles. The fourth-order valence-corrected chi connectivity index (χ4v) is 14.3. The van der Waals surface area contributed by atoms with Crippen molar-refractivity contribution in [2.75, 3.05) is 0 Å². The van der Waals surface area contributed by atoms with Crippen molar-refractivity contribution in [2.45, 2.75) is 185 Å². The average molecular weight is 853 g/mol. The number of hydrogen-bond donors (Lipinski definition) is 2. The number of allylic oxidation sites excluding steroid dienone is 4. The zero-order chi connectivity index (χ0) is 45.4. The average Bonchev–Trinajstić information content (AvgIpc) is 3.68. The van der Waals surface area contributed by atoms with Crippen LogP contribution < -0.4 is 11.3 Å². The predicted octanol–water partition coefficient (Wildman–Crippen LogP) is 12.0. The highest BCUT2D eigenvalue weighted by Gasteiger charge is 2.63. The van der Waals surface area contributed by atoms with Crippen LogP contribution in [0.25, 0.3) is 0 Å². The van der Waals surface area contributed by atoms with Gasteiger partial charge in [-0.2, -0.15) is 0 Å². The monoisotopic (exact) mass is 853 g/mol. The number of rotatable bonds is 6. The van der Waals surface area contributed by atoms with Gasteiger partial charge < -0.3 is 28.5 Å². The van der Waals surface area contributed by atoms with Crippen molar-refractivity contribution in [1.82, 2.24) is 0 Å². The molecule has 12 atom stereocenters. The first-order valence-corrected chi connectivity index (χ1v) is 23.5. The lowest BCUT2D eigenvalue weighted by atomic mass is 9.45. The second-order valence-corrected chi connectivity index (χ2v) is 22.1. The van der Waals surface area contributed by atoms with E-state index in [-0.39, 0.29) is 57.2 Å². The summed E-state index contributed by atoms with van der Waals surface area (Å²) in [5.74, 6) is 2.49. The first kappa shape index (κ1) is 46.4. The fraction of sp³-hybridized carbons (Fsp3) is 0.667. The van der Waals surface area contributed by atoms with E-state index in [0.29, 0.717) is 70.7 Å². The van der Waals surface area contributed by atoms with E-state index in [1.54, 1.807) is 13.8 Å². The topological polar surface area (TPSA) is 119 Å². The summed E-state index contributed by atoms with van der Waals surface area (Å²) < 4.78 is 23.9. The summed E-state index contributed by atoms with van der Waals surface area (Å²) in [5.41, 5.74) is 6.64. The van der Waals surface area contributed by atoms with Crippen molar-refractivity contribution in [3.8, 4) is 11.5 Å². The molecule has 0 spiro atoms. The zero-order valence-corrected chi connectivity index (χ0v) is 40.0. The Balaban J connectivity index is 0.000000186. The molecular formula is C54H76O8. The van der Waals surface area contributed by atoms with E-state index < -0.39 is 11.3 Å². The quantitative estimate of drug-likeness (QED) is 0.276. The standard InChI is InChI=1S/2C27H38O4/c2*1-15(2)12-19-14-27(7)22-9-8-16(3)21(26(22,6)11-10-23(27)31-19)13-20-24(28)17(4)18(5)30-25(20)29/h2*12,19,21-23,28H,3,8-11,13-14H2,1-2,4-7H3/t2*19-,21-,22-,23-,26-,27+/m11/s1. The Bertz CT molecular complexity index is 2120. The molecule has 0 amide bonds. The molecule has 6 fully saturated rings. The summed E-state index contributed by atoms with van der Waals surface area (Å²) in [5, 5.41) is 21.5. The van der Waals surface area contributed by atoms with Gasteiger partial charge in [0.05, 0.1) is 35.5 Å². The molecule has 0 bridgehead atoms. The fourth-order valence-electron chi connectivity index (χ4n) is 14.3. The lowest BCUT2D eigenvalue weighted by Crippen LogP contribution is -2.54. The normalized spacial score (nSPS) is 37.3. The van der Waals surface area contributed by atoms with Crippen LogP contribution in [-0.2, 0) is 22.3 Å². The van der Waals surface area contributed by atoms with Gasteiger partial charge in [0, 0.05) is 11.1 Å². The molecule has 8 heteroatoms. The molecule has 2 aromatic heterocycles. The van der Waals surface area contributed by atoms with Crippen molar-refractivity contribution in [3.05, 3.63) is 102 Å². The summed E-state index contributed by atoms with van der Waals surface area (Å²) >= 11 is 0. The van der Waals surface area contributed by atoms with Gasteiger partial charge >= 0.3 is 11.3 Å². The van der Waals surface area contributed by atoms with Crippen LogP contribution in [0, 0.1) is 73.0 Å². The van der Waals surface area contributed by atoms with Gasteiger partial charge in [-0.1, -0.05) is 75.3 Å². The van der Waals surface area contributed by atoms with E-state index in [1.807, 2.05) is 13.8 Å². The second kappa shape index (κ2) is 16.7. The van der Waals surface area contributed by atoms with Crippen LogP contribution >= 0.6 is 0 Å². The second-order valence-electron chi connectivity index (χ2n) is 22.1. The Kier molecular flexibility index (Phi) is 12.5. The molecule has 62 heavy (non-hydrogen) atoms. The van der Waals surface area contributed by atoms with Crippen molar-refractivity contribution < 1.29 is 28.5 Å². The van der Waals surface area contributed by atoms with E-state index in [0.717, 1.165) is 64.2 Å². The van der Waals surface area contributed by atoms with Crippen molar-refractivity contribution in [2.24, 2.45) is 45.3 Å². The Labute approximate surface area is 371 Å². The molecule has 4 aliphatic carbocycles. The van der Waals surface area contributed by atoms with Gasteiger partial charge in [-0.3, -0.25) is 0 Å². The van der Waals surface area contributed by atoms with Crippen LogP contribution in [0.1, 0.15) is 153 Å². The third-order valence-electron chi connectivity index (χ3n) is 17.8. The van der Waals surface area contributed by atoms with E-state index in [2.05, 4.69) is 80.7 Å². The molecule has 0 aromatic carbocycles. The Morgan fingerprint density at radius 3 is 1.31 bits per heavy atom. The Morgan fingerprint density at radius 1 is 0.613 bits per heavy atom. The lowest BCUT2D eigenvalue weighted by molar-refractivity contribution is -0.110. The third kappa shape index (κ3) is 7.85. The van der Waals surface area contributed by atoms with E-state index in [9.17, 15) is 19.8 Å². The molecule has 4 saturated carbocycles. The Hall–Kier alpha value is -3.62. The van der Waals surface area contributed by atoms with Gasteiger partial charge in [0.1, 0.15) is 23.0 Å². The molecule has 8 nitrogen and oxygen atoms in total. The minimum atomic E-state index is -0.410. The number of aryl methyl sites for hydroxylation is 2. The molecule has 0 radical (unpaired) electrons. The molecule has 6 aliphatic rings. The van der Waals surface area contributed by atoms with Crippen molar-refractivity contribution in [3.63, 3.8) is 0 Å². The van der Waals surface area contributed by atoms with Gasteiger partial charge in [-0.15, -0.1) is 0 Å². The van der Waals surface area contributed by atoms with Crippen LogP contribution in [0.15, 0.2) is 66.0 Å². The number of hydrogen-bond acceptors (Lipinski definition) is 8. The SMILES string of the molecule is C=C1CC[C@@H]2[C@](C)(CC[C@H]3O[C@H](C=C(C)C)C[C@@]23C)[C@@H]1Cc1c(O)c(C)c(C)oc1=O.C=C1CC[C@@H]2[C@](C)(CC[C@H]3O[C@H](C=C(C)C)C[C@@]23C)[C@@H]1Cc1c(O)c(C)c(C)oc1=O. The summed E-state index contributed by atoms with van der Waals surface area (Å²) in [4.78, 5) is 25.3. The van der Waals surface area contributed by atoms with Gasteiger partial charge in [0.2, 0.25) is 0 Å². The largest absolute Gasteiger partial charge is 0.507 e. The van der Waals surface area contributed by atoms with Crippen molar-refractivity contribution in [1.29, 1.82) is 0 Å². The molecule has 2 aromatic rings.